The van der Waals surface area contributed by atoms with E-state index in [0.29, 0.717) is 16.9 Å². The second-order valence-electron chi connectivity index (χ2n) is 7.88. The number of likely N-dealkylation sites (N-methyl/N-ethyl adjacent to an activating group) is 1. The summed E-state index contributed by atoms with van der Waals surface area (Å²) in [5.41, 5.74) is 0.865. The van der Waals surface area contributed by atoms with Crippen molar-refractivity contribution in [2.24, 2.45) is 5.41 Å². The Morgan fingerprint density at radius 3 is 2.21 bits per heavy atom. The summed E-state index contributed by atoms with van der Waals surface area (Å²) >= 11 is 0. The van der Waals surface area contributed by atoms with Gasteiger partial charge in [-0.25, -0.2) is 4.57 Å². The van der Waals surface area contributed by atoms with Crippen LogP contribution < -0.4 is 14.4 Å². The summed E-state index contributed by atoms with van der Waals surface area (Å²) in [5, 5.41) is 2.45. The fraction of sp³-hybridized carbons (Fsp3) is 0.333. The maximum absolute atomic E-state index is 11.9. The number of hydrogen-bond donors (Lipinski definition) is 5. The highest BCUT2D eigenvalue weighted by Crippen LogP contribution is 2.37. The molecule has 0 atom stereocenters. The van der Waals surface area contributed by atoms with Crippen LogP contribution in [0.15, 0.2) is 48.5 Å². The van der Waals surface area contributed by atoms with E-state index in [2.05, 4.69) is 9.84 Å². The van der Waals surface area contributed by atoms with Gasteiger partial charge in [0.2, 0.25) is 5.91 Å². The van der Waals surface area contributed by atoms with Gasteiger partial charge >= 0.3 is 16.4 Å². The van der Waals surface area contributed by atoms with Gasteiger partial charge in [0.15, 0.2) is 0 Å². The third kappa shape index (κ3) is 11.9. The highest BCUT2D eigenvalue weighted by Gasteiger charge is 2.22. The number of carbonyl (C=O) groups is 2. The molecule has 0 saturated carbocycles. The minimum Gasteiger partial charge on any atom is -0.427 e. The average molecular weight is 501 g/mol. The number of para-hydroxylation sites is 1. The number of phosphoric ester groups is 1. The molecule has 182 valence electrons. The molecule has 0 spiro atoms. The van der Waals surface area contributed by atoms with Crippen molar-refractivity contribution in [3.8, 4) is 11.5 Å². The number of benzene rings is 2. The van der Waals surface area contributed by atoms with Crippen LogP contribution in [0.4, 0.5) is 0 Å². The molecule has 0 bridgehead atoms. The van der Waals surface area contributed by atoms with E-state index in [0.717, 1.165) is 0 Å². The molecule has 0 aliphatic rings. The van der Waals surface area contributed by atoms with Crippen molar-refractivity contribution in [1.82, 2.24) is 5.32 Å². The molecule has 0 heterocycles. The Labute approximate surface area is 193 Å². The molecule has 0 fully saturated rings. The van der Waals surface area contributed by atoms with Gasteiger partial charge in [-0.3, -0.25) is 19.4 Å². The molecule has 0 radical (unpaired) electrons. The molecule has 0 saturated heterocycles. The topological polar surface area (TPSA) is 163 Å². The number of ketones is 1. The van der Waals surface area contributed by atoms with E-state index in [-0.39, 0.29) is 30.3 Å². The van der Waals surface area contributed by atoms with E-state index in [1.807, 2.05) is 20.8 Å². The maximum atomic E-state index is 11.9. The normalized spacial score (nSPS) is 11.3. The molecule has 2 rings (SSSR count). The Hall–Kier alpha value is -2.32. The minimum absolute atomic E-state index is 0.0368. The van der Waals surface area contributed by atoms with Crippen molar-refractivity contribution in [3.05, 3.63) is 59.7 Å². The largest absolute Gasteiger partial charge is 0.524 e. The lowest BCUT2D eigenvalue weighted by Gasteiger charge is -2.17. The van der Waals surface area contributed by atoms with Crippen LogP contribution in [-0.4, -0.2) is 38.3 Å². The first-order valence-corrected chi connectivity index (χ1v) is 12.4. The number of carbonyl (C=O) groups excluding carboxylic acids is 2. The van der Waals surface area contributed by atoms with Crippen LogP contribution in [0.3, 0.4) is 0 Å². The molecule has 10 nitrogen and oxygen atoms in total. The van der Waals surface area contributed by atoms with Gasteiger partial charge in [0, 0.05) is 24.4 Å². The third-order valence-electron chi connectivity index (χ3n) is 4.11. The summed E-state index contributed by atoms with van der Waals surface area (Å²) in [7, 11) is -5.49. The number of nitrogens with one attached hydrogen (secondary N) is 1. The number of Topliss-reactive ketones (excluding diaryl/α,β-unsaturated/α-hetero) is 1. The molecular formula is C21H29NO9P2. The van der Waals surface area contributed by atoms with Gasteiger partial charge in [0.25, 0.3) is 0 Å². The van der Waals surface area contributed by atoms with E-state index < -0.39 is 21.8 Å². The van der Waals surface area contributed by atoms with Crippen LogP contribution in [0.2, 0.25) is 0 Å². The molecule has 5 N–H and O–H groups in total. The Kier molecular flexibility index (Phi) is 11.1. The lowest BCUT2D eigenvalue weighted by Crippen LogP contribution is -2.22. The van der Waals surface area contributed by atoms with Gasteiger partial charge in [0.05, 0.1) is 6.42 Å². The van der Waals surface area contributed by atoms with Crippen molar-refractivity contribution < 1.29 is 42.8 Å². The van der Waals surface area contributed by atoms with Gasteiger partial charge < -0.3 is 24.2 Å². The summed E-state index contributed by atoms with van der Waals surface area (Å²) in [6.07, 6.45) is 0.359. The van der Waals surface area contributed by atoms with Crippen molar-refractivity contribution in [2.75, 3.05) is 7.05 Å². The summed E-state index contributed by atoms with van der Waals surface area (Å²) in [5.74, 6) is 0.276. The zero-order valence-electron chi connectivity index (χ0n) is 18.8. The first-order chi connectivity index (χ1) is 15.2. The van der Waals surface area contributed by atoms with Crippen LogP contribution in [0.1, 0.15) is 31.9 Å². The minimum atomic E-state index is -4.55. The highest BCUT2D eigenvalue weighted by atomic mass is 31.2. The quantitative estimate of drug-likeness (QED) is 0.342. The molecule has 33 heavy (non-hydrogen) atoms. The predicted octanol–water partition coefficient (Wildman–Crippen LogP) is 2.88. The van der Waals surface area contributed by atoms with E-state index in [1.165, 1.54) is 19.2 Å². The Morgan fingerprint density at radius 2 is 1.67 bits per heavy atom. The van der Waals surface area contributed by atoms with Crippen LogP contribution in [-0.2, 0) is 27.0 Å². The lowest BCUT2D eigenvalue weighted by molar-refractivity contribution is -0.125. The third-order valence-corrected chi connectivity index (χ3v) is 4.92. The van der Waals surface area contributed by atoms with Crippen molar-refractivity contribution in [3.63, 3.8) is 0 Å². The van der Waals surface area contributed by atoms with Gasteiger partial charge in [-0.05, 0) is 23.8 Å². The standard InChI is InChI=1S/C12H17O4P.C9H12NO5P/c1-12(2,3)11(13)8-9-6-4-5-7-10(9)16-17(14)15;1-10-9(11)6-7-3-2-4-8(5-7)15-16(12,13)14/h4-7,14-15H,8H2,1-3H3;2-5H,6H2,1H3,(H,10,11)(H2,12,13,14). The Bertz CT molecular complexity index is 984. The average Bonchev–Trinajstić information content (AvgIpc) is 2.67. The van der Waals surface area contributed by atoms with Crippen molar-refractivity contribution in [1.29, 1.82) is 0 Å². The van der Waals surface area contributed by atoms with Crippen molar-refractivity contribution in [2.45, 2.75) is 33.6 Å². The monoisotopic (exact) mass is 501 g/mol. The number of hydrogen-bond acceptors (Lipinski definition) is 7. The number of rotatable bonds is 8. The molecule has 12 heteroatoms. The fourth-order valence-electron chi connectivity index (χ4n) is 2.39. The highest BCUT2D eigenvalue weighted by molar-refractivity contribution is 7.46. The Morgan fingerprint density at radius 1 is 1.03 bits per heavy atom. The van der Waals surface area contributed by atoms with Gasteiger partial charge in [-0.1, -0.05) is 51.1 Å². The lowest BCUT2D eigenvalue weighted by atomic mass is 9.87. The summed E-state index contributed by atoms with van der Waals surface area (Å²) in [4.78, 5) is 57.8. The van der Waals surface area contributed by atoms with Crippen molar-refractivity contribution >= 4 is 28.1 Å². The zero-order valence-corrected chi connectivity index (χ0v) is 20.5. The smallest absolute Gasteiger partial charge is 0.427 e. The molecule has 0 aliphatic carbocycles. The van der Waals surface area contributed by atoms with Gasteiger partial charge in [-0.2, -0.15) is 0 Å². The second-order valence-corrected chi connectivity index (χ2v) is 9.73. The summed E-state index contributed by atoms with van der Waals surface area (Å²) in [6, 6.07) is 12.9. The SMILES string of the molecule is CC(C)(C)C(=O)Cc1ccccc1OP(O)O.CNC(=O)Cc1cccc(OP(=O)(O)O)c1. The molecular weight excluding hydrogens is 472 g/mol. The first kappa shape index (κ1) is 28.7. The summed E-state index contributed by atoms with van der Waals surface area (Å²) in [6.45, 7) is 5.55. The van der Waals surface area contributed by atoms with E-state index in [1.54, 1.807) is 36.4 Å². The second kappa shape index (κ2) is 12.8. The molecule has 0 unspecified atom stereocenters. The number of amides is 1. The molecule has 2 aromatic rings. The molecule has 0 aromatic heterocycles. The van der Waals surface area contributed by atoms with Gasteiger partial charge in [-0.15, -0.1) is 0 Å². The predicted molar refractivity (Wildman–Crippen MR) is 123 cm³/mol. The molecule has 0 aliphatic heterocycles. The van der Waals surface area contributed by atoms with E-state index in [9.17, 15) is 14.2 Å². The van der Waals surface area contributed by atoms with Crippen LogP contribution in [0.5, 0.6) is 11.5 Å². The van der Waals surface area contributed by atoms with E-state index >= 15 is 0 Å². The van der Waals surface area contributed by atoms with E-state index in [4.69, 9.17) is 24.1 Å². The van der Waals surface area contributed by atoms with Gasteiger partial charge in [0.1, 0.15) is 17.3 Å². The molecule has 1 amide bonds. The summed E-state index contributed by atoms with van der Waals surface area (Å²) < 4.78 is 19.9. The van der Waals surface area contributed by atoms with Crippen LogP contribution >= 0.6 is 16.4 Å². The maximum Gasteiger partial charge on any atom is 0.524 e. The molecule has 2 aromatic carbocycles. The van der Waals surface area contributed by atoms with Crippen LogP contribution in [0.25, 0.3) is 0 Å². The fourth-order valence-corrected chi connectivity index (χ4v) is 3.13. The number of phosphoric acid groups is 1. The van der Waals surface area contributed by atoms with Crippen LogP contribution in [0, 0.1) is 5.41 Å². The first-order valence-electron chi connectivity index (χ1n) is 9.73. The Balaban J connectivity index is 0.000000331. The zero-order chi connectivity index (χ0) is 25.2.